The third-order valence-electron chi connectivity index (χ3n) is 3.71. The molecule has 0 spiro atoms. The fourth-order valence-corrected chi connectivity index (χ4v) is 3.58. The van der Waals surface area contributed by atoms with Crippen LogP contribution in [0.3, 0.4) is 0 Å². The van der Waals surface area contributed by atoms with Gasteiger partial charge in [-0.25, -0.2) is 4.98 Å². The first kappa shape index (κ1) is 18.5. The first-order valence-corrected chi connectivity index (χ1v) is 9.50. The van der Waals surface area contributed by atoms with E-state index in [0.29, 0.717) is 10.8 Å². The topological polar surface area (TPSA) is 103 Å². The van der Waals surface area contributed by atoms with Crippen LogP contribution in [-0.4, -0.2) is 25.6 Å². The van der Waals surface area contributed by atoms with Gasteiger partial charge in [-0.1, -0.05) is 12.1 Å². The summed E-state index contributed by atoms with van der Waals surface area (Å²) in [6, 6.07) is 7.92. The number of hydrogen-bond acceptors (Lipinski definition) is 6. The van der Waals surface area contributed by atoms with Crippen LogP contribution >= 0.6 is 33.9 Å². The number of anilines is 1. The van der Waals surface area contributed by atoms with Crippen LogP contribution in [0.2, 0.25) is 0 Å². The second-order valence-corrected chi connectivity index (χ2v) is 7.63. The molecule has 2 aromatic heterocycles. The highest BCUT2D eigenvalue weighted by Gasteiger charge is 2.22. The van der Waals surface area contributed by atoms with Crippen LogP contribution in [0.25, 0.3) is 11.3 Å². The summed E-state index contributed by atoms with van der Waals surface area (Å²) in [5.74, 6) is -0.339. The Balaban J connectivity index is 1.70. The summed E-state index contributed by atoms with van der Waals surface area (Å²) in [6.45, 7) is 3.01. The highest BCUT2D eigenvalue weighted by atomic mass is 127. The molecule has 0 aliphatic rings. The standard InChI is InChI=1S/C16H14IN5O3S/c1-9-15(22(24)25)10(2)21(20-9)7-14(23)19-16-18-13(8-26-16)11-3-5-12(17)6-4-11/h3-6,8H,7H2,1-2H3,(H,18,19,23). The van der Waals surface area contributed by atoms with E-state index in [-0.39, 0.29) is 23.8 Å². The van der Waals surface area contributed by atoms with Crippen molar-refractivity contribution in [1.82, 2.24) is 14.8 Å². The maximum atomic E-state index is 12.2. The molecule has 0 aliphatic carbocycles. The minimum Gasteiger partial charge on any atom is -0.300 e. The first-order valence-electron chi connectivity index (χ1n) is 7.55. The predicted molar refractivity (Wildman–Crippen MR) is 107 cm³/mol. The summed E-state index contributed by atoms with van der Waals surface area (Å²) >= 11 is 3.55. The predicted octanol–water partition coefficient (Wildman–Crippen LogP) is 3.77. The average molecular weight is 483 g/mol. The first-order chi connectivity index (χ1) is 12.3. The molecule has 3 aromatic rings. The van der Waals surface area contributed by atoms with E-state index in [2.05, 4.69) is 38.0 Å². The van der Waals surface area contributed by atoms with Gasteiger partial charge in [0, 0.05) is 14.5 Å². The Hall–Kier alpha value is -2.34. The van der Waals surface area contributed by atoms with Gasteiger partial charge >= 0.3 is 5.69 Å². The van der Waals surface area contributed by atoms with Crippen molar-refractivity contribution in [1.29, 1.82) is 0 Å². The van der Waals surface area contributed by atoms with Gasteiger partial charge in [-0.15, -0.1) is 11.3 Å². The number of thiazole rings is 1. The second-order valence-electron chi connectivity index (χ2n) is 5.53. The van der Waals surface area contributed by atoms with Crippen LogP contribution < -0.4 is 5.32 Å². The van der Waals surface area contributed by atoms with E-state index in [0.717, 1.165) is 14.8 Å². The number of benzene rings is 1. The normalized spacial score (nSPS) is 10.7. The summed E-state index contributed by atoms with van der Waals surface area (Å²) in [6.07, 6.45) is 0. The molecule has 0 bridgehead atoms. The number of amides is 1. The van der Waals surface area contributed by atoms with E-state index in [9.17, 15) is 14.9 Å². The monoisotopic (exact) mass is 483 g/mol. The van der Waals surface area contributed by atoms with Crippen molar-refractivity contribution in [2.75, 3.05) is 5.32 Å². The van der Waals surface area contributed by atoms with Gasteiger partial charge in [0.05, 0.1) is 10.6 Å². The fourth-order valence-electron chi connectivity index (χ4n) is 2.48. The highest BCUT2D eigenvalue weighted by Crippen LogP contribution is 2.26. The van der Waals surface area contributed by atoms with Gasteiger partial charge in [0.1, 0.15) is 17.9 Å². The highest BCUT2D eigenvalue weighted by molar-refractivity contribution is 14.1. The summed E-state index contributed by atoms with van der Waals surface area (Å²) < 4.78 is 2.46. The fraction of sp³-hybridized carbons (Fsp3) is 0.188. The SMILES string of the molecule is Cc1nn(CC(=O)Nc2nc(-c3ccc(I)cc3)cs2)c(C)c1[N+](=O)[O-]. The van der Waals surface area contributed by atoms with E-state index in [4.69, 9.17) is 0 Å². The lowest BCUT2D eigenvalue weighted by Crippen LogP contribution is -2.20. The van der Waals surface area contributed by atoms with Crippen LogP contribution in [0.4, 0.5) is 10.8 Å². The van der Waals surface area contributed by atoms with Crippen molar-refractivity contribution in [3.63, 3.8) is 0 Å². The molecule has 1 aromatic carbocycles. The minimum absolute atomic E-state index is 0.0620. The Labute approximate surface area is 166 Å². The molecular formula is C16H14IN5O3S. The summed E-state index contributed by atoms with van der Waals surface area (Å²) in [5, 5.41) is 20.2. The Kier molecular flexibility index (Phi) is 5.32. The Bertz CT molecular complexity index is 980. The number of nitro groups is 1. The molecule has 134 valence electrons. The van der Waals surface area contributed by atoms with Gasteiger partial charge in [-0.2, -0.15) is 5.10 Å². The maximum Gasteiger partial charge on any atom is 0.312 e. The molecule has 0 saturated heterocycles. The van der Waals surface area contributed by atoms with Crippen LogP contribution in [0.15, 0.2) is 29.6 Å². The summed E-state index contributed by atoms with van der Waals surface area (Å²) in [7, 11) is 0. The van der Waals surface area contributed by atoms with Crippen LogP contribution in [-0.2, 0) is 11.3 Å². The Morgan fingerprint density at radius 2 is 2.04 bits per heavy atom. The average Bonchev–Trinajstić information content (AvgIpc) is 3.13. The molecule has 0 atom stereocenters. The van der Waals surface area contributed by atoms with Crippen molar-refractivity contribution in [3.8, 4) is 11.3 Å². The van der Waals surface area contributed by atoms with Gasteiger partial charge in [0.2, 0.25) is 5.91 Å². The molecule has 0 aliphatic heterocycles. The molecule has 0 unspecified atom stereocenters. The number of carbonyl (C=O) groups excluding carboxylic acids is 1. The van der Waals surface area contributed by atoms with Gasteiger partial charge in [-0.3, -0.25) is 19.6 Å². The number of halogens is 1. The molecule has 2 heterocycles. The molecule has 0 saturated carbocycles. The second kappa shape index (κ2) is 7.50. The van der Waals surface area contributed by atoms with Crippen molar-refractivity contribution in [2.45, 2.75) is 20.4 Å². The quantitative estimate of drug-likeness (QED) is 0.338. The van der Waals surface area contributed by atoms with Crippen molar-refractivity contribution in [3.05, 3.63) is 54.7 Å². The van der Waals surface area contributed by atoms with Crippen molar-refractivity contribution < 1.29 is 9.72 Å². The third kappa shape index (κ3) is 3.90. The number of rotatable bonds is 5. The third-order valence-corrected chi connectivity index (χ3v) is 5.19. The minimum atomic E-state index is -0.486. The summed E-state index contributed by atoms with van der Waals surface area (Å²) in [5.41, 5.74) is 2.32. The molecule has 1 N–H and O–H groups in total. The molecule has 0 fully saturated rings. The molecule has 26 heavy (non-hydrogen) atoms. The zero-order valence-electron chi connectivity index (χ0n) is 13.9. The molecule has 1 amide bonds. The number of aromatic nitrogens is 3. The van der Waals surface area contributed by atoms with Crippen LogP contribution in [0, 0.1) is 27.5 Å². The Morgan fingerprint density at radius 1 is 1.35 bits per heavy atom. The lowest BCUT2D eigenvalue weighted by atomic mass is 10.2. The van der Waals surface area contributed by atoms with Crippen molar-refractivity contribution in [2.24, 2.45) is 0 Å². The van der Waals surface area contributed by atoms with E-state index in [1.54, 1.807) is 13.8 Å². The molecule has 10 heteroatoms. The van der Waals surface area contributed by atoms with E-state index in [1.165, 1.54) is 16.0 Å². The van der Waals surface area contributed by atoms with Gasteiger partial charge in [0.15, 0.2) is 5.13 Å². The smallest absolute Gasteiger partial charge is 0.300 e. The zero-order valence-corrected chi connectivity index (χ0v) is 16.9. The Morgan fingerprint density at radius 3 is 2.65 bits per heavy atom. The van der Waals surface area contributed by atoms with Gasteiger partial charge in [0.25, 0.3) is 0 Å². The van der Waals surface area contributed by atoms with Gasteiger partial charge in [-0.05, 0) is 48.6 Å². The molecular weight excluding hydrogens is 469 g/mol. The number of nitrogens with zero attached hydrogens (tertiary/aromatic N) is 4. The maximum absolute atomic E-state index is 12.2. The zero-order chi connectivity index (χ0) is 18.8. The molecule has 3 rings (SSSR count). The molecule has 0 radical (unpaired) electrons. The summed E-state index contributed by atoms with van der Waals surface area (Å²) in [4.78, 5) is 27.2. The van der Waals surface area contributed by atoms with E-state index >= 15 is 0 Å². The van der Waals surface area contributed by atoms with Crippen LogP contribution in [0.5, 0.6) is 0 Å². The lowest BCUT2D eigenvalue weighted by Gasteiger charge is -2.03. The number of carbonyl (C=O) groups is 1. The van der Waals surface area contributed by atoms with E-state index in [1.807, 2.05) is 29.6 Å². The van der Waals surface area contributed by atoms with Gasteiger partial charge < -0.3 is 5.32 Å². The molecule has 8 nitrogen and oxygen atoms in total. The number of hydrogen-bond donors (Lipinski definition) is 1. The number of aryl methyl sites for hydroxylation is 1. The largest absolute Gasteiger partial charge is 0.312 e. The lowest BCUT2D eigenvalue weighted by molar-refractivity contribution is -0.386. The van der Waals surface area contributed by atoms with E-state index < -0.39 is 4.92 Å². The number of nitrogens with one attached hydrogen (secondary N) is 1. The van der Waals surface area contributed by atoms with Crippen molar-refractivity contribution >= 4 is 50.7 Å². The van der Waals surface area contributed by atoms with Crippen LogP contribution in [0.1, 0.15) is 11.4 Å².